The molecule has 1 aliphatic heterocycles. The third kappa shape index (κ3) is 3.87. The Balaban J connectivity index is 2.30. The Labute approximate surface area is 89.7 Å². The normalized spacial score (nSPS) is 21.6. The summed E-state index contributed by atoms with van der Waals surface area (Å²) in [6.07, 6.45) is 0.977. The number of carbonyl (C=O) groups is 2. The van der Waals surface area contributed by atoms with Crippen molar-refractivity contribution in [3.8, 4) is 0 Å². The molecule has 5 heteroatoms. The zero-order valence-electron chi connectivity index (χ0n) is 9.27. The minimum atomic E-state index is -0.782. The number of carboxylic acids is 1. The fourth-order valence-corrected chi connectivity index (χ4v) is 1.91. The number of nitrogens with zero attached hydrogens (tertiary/aromatic N) is 2. The Morgan fingerprint density at radius 3 is 2.73 bits per heavy atom. The fraction of sp³-hybridized carbons (Fsp3) is 0.800. The maximum Gasteiger partial charge on any atom is 0.317 e. The van der Waals surface area contributed by atoms with Crippen LogP contribution in [0.1, 0.15) is 13.3 Å². The lowest BCUT2D eigenvalue weighted by atomic mass is 10.1. The lowest BCUT2D eigenvalue weighted by molar-refractivity contribution is -0.138. The van der Waals surface area contributed by atoms with E-state index in [0.717, 1.165) is 26.1 Å². The third-order valence-corrected chi connectivity index (χ3v) is 2.80. The highest BCUT2D eigenvalue weighted by Crippen LogP contribution is 2.16. The molecule has 0 unspecified atom stereocenters. The van der Waals surface area contributed by atoms with E-state index in [1.165, 1.54) is 0 Å². The summed E-state index contributed by atoms with van der Waals surface area (Å²) in [6.45, 7) is 3.99. The summed E-state index contributed by atoms with van der Waals surface area (Å²) in [7, 11) is 1.78. The van der Waals surface area contributed by atoms with Crippen LogP contribution in [0.4, 0.5) is 0 Å². The van der Waals surface area contributed by atoms with E-state index in [4.69, 9.17) is 5.11 Å². The van der Waals surface area contributed by atoms with Crippen molar-refractivity contribution in [2.24, 2.45) is 5.92 Å². The van der Waals surface area contributed by atoms with Crippen LogP contribution in [-0.4, -0.2) is 60.0 Å². The van der Waals surface area contributed by atoms with Gasteiger partial charge in [-0.1, -0.05) is 0 Å². The maximum absolute atomic E-state index is 11.0. The zero-order valence-corrected chi connectivity index (χ0v) is 9.27. The Hall–Kier alpha value is -1.10. The molecule has 1 amide bonds. The van der Waals surface area contributed by atoms with E-state index in [1.807, 2.05) is 4.90 Å². The quantitative estimate of drug-likeness (QED) is 0.708. The van der Waals surface area contributed by atoms with Crippen molar-refractivity contribution in [3.63, 3.8) is 0 Å². The molecule has 86 valence electrons. The maximum atomic E-state index is 11.0. The molecular weight excluding hydrogens is 196 g/mol. The molecule has 0 aromatic heterocycles. The van der Waals surface area contributed by atoms with Crippen LogP contribution in [0, 0.1) is 5.92 Å². The van der Waals surface area contributed by atoms with Gasteiger partial charge in [-0.25, -0.2) is 0 Å². The van der Waals surface area contributed by atoms with Gasteiger partial charge in [-0.05, 0) is 18.9 Å². The highest BCUT2D eigenvalue weighted by atomic mass is 16.4. The summed E-state index contributed by atoms with van der Waals surface area (Å²) in [5, 5.41) is 8.62. The number of hydrogen-bond acceptors (Lipinski definition) is 3. The summed E-state index contributed by atoms with van der Waals surface area (Å²) in [5.41, 5.74) is 0. The number of rotatable bonds is 4. The molecule has 0 aromatic rings. The summed E-state index contributed by atoms with van der Waals surface area (Å²) in [5.74, 6) is -0.305. The number of carboxylic acid groups (broad SMARTS) is 1. The number of aliphatic carboxylic acids is 1. The van der Waals surface area contributed by atoms with Gasteiger partial charge in [0.05, 0.1) is 6.54 Å². The van der Waals surface area contributed by atoms with E-state index in [-0.39, 0.29) is 12.5 Å². The van der Waals surface area contributed by atoms with Gasteiger partial charge in [-0.2, -0.15) is 0 Å². The van der Waals surface area contributed by atoms with Crippen LogP contribution in [-0.2, 0) is 9.59 Å². The van der Waals surface area contributed by atoms with Gasteiger partial charge >= 0.3 is 5.97 Å². The predicted molar refractivity (Wildman–Crippen MR) is 55.5 cm³/mol. The standard InChI is InChI=1S/C10H18N2O3/c1-8(13)11(2)5-9-3-4-12(6-9)7-10(14)15/h9H,3-7H2,1-2H3,(H,14,15)/t9-/m0/s1. The minimum Gasteiger partial charge on any atom is -0.480 e. The number of hydrogen-bond donors (Lipinski definition) is 1. The van der Waals surface area contributed by atoms with Crippen molar-refractivity contribution in [2.45, 2.75) is 13.3 Å². The topological polar surface area (TPSA) is 60.9 Å². The molecule has 0 saturated carbocycles. The van der Waals surface area contributed by atoms with E-state index in [1.54, 1.807) is 18.9 Å². The Morgan fingerprint density at radius 2 is 2.20 bits per heavy atom. The van der Waals surface area contributed by atoms with Crippen LogP contribution in [0.25, 0.3) is 0 Å². The molecule has 0 spiro atoms. The zero-order chi connectivity index (χ0) is 11.4. The van der Waals surface area contributed by atoms with Crippen molar-refractivity contribution in [2.75, 3.05) is 33.2 Å². The van der Waals surface area contributed by atoms with Crippen LogP contribution in [0.15, 0.2) is 0 Å². The van der Waals surface area contributed by atoms with Crippen LogP contribution < -0.4 is 0 Å². The van der Waals surface area contributed by atoms with Gasteiger partial charge in [0.2, 0.25) is 5.91 Å². The average Bonchev–Trinajstić information content (AvgIpc) is 2.51. The van der Waals surface area contributed by atoms with Crippen molar-refractivity contribution < 1.29 is 14.7 Å². The van der Waals surface area contributed by atoms with Gasteiger partial charge in [-0.3, -0.25) is 14.5 Å². The first kappa shape index (κ1) is 12.0. The fourth-order valence-electron chi connectivity index (χ4n) is 1.91. The van der Waals surface area contributed by atoms with E-state index < -0.39 is 5.97 Å². The average molecular weight is 214 g/mol. The number of carbonyl (C=O) groups excluding carboxylic acids is 1. The highest BCUT2D eigenvalue weighted by Gasteiger charge is 2.25. The molecule has 0 radical (unpaired) electrons. The van der Waals surface area contributed by atoms with Crippen LogP contribution in [0.2, 0.25) is 0 Å². The van der Waals surface area contributed by atoms with E-state index in [9.17, 15) is 9.59 Å². The molecule has 1 aliphatic rings. The second-order valence-corrected chi connectivity index (χ2v) is 4.18. The largest absolute Gasteiger partial charge is 0.480 e. The van der Waals surface area contributed by atoms with Crippen molar-refractivity contribution in [1.29, 1.82) is 0 Å². The lowest BCUT2D eigenvalue weighted by Gasteiger charge is -2.19. The molecule has 0 aromatic carbocycles. The smallest absolute Gasteiger partial charge is 0.317 e. The van der Waals surface area contributed by atoms with E-state index in [0.29, 0.717) is 5.92 Å². The van der Waals surface area contributed by atoms with Crippen LogP contribution in [0.3, 0.4) is 0 Å². The second kappa shape index (κ2) is 5.11. The first-order chi connectivity index (χ1) is 6.99. The third-order valence-electron chi connectivity index (χ3n) is 2.80. The number of amides is 1. The Morgan fingerprint density at radius 1 is 1.53 bits per heavy atom. The molecule has 1 atom stereocenters. The SMILES string of the molecule is CC(=O)N(C)C[C@@H]1CCN(CC(=O)O)C1. The highest BCUT2D eigenvalue weighted by molar-refractivity contribution is 5.72. The van der Waals surface area contributed by atoms with Crippen molar-refractivity contribution in [1.82, 2.24) is 9.80 Å². The predicted octanol–water partition coefficient (Wildman–Crippen LogP) is -0.129. The van der Waals surface area contributed by atoms with Gasteiger partial charge in [0.25, 0.3) is 0 Å². The molecule has 1 rings (SSSR count). The van der Waals surface area contributed by atoms with Crippen molar-refractivity contribution in [3.05, 3.63) is 0 Å². The monoisotopic (exact) mass is 214 g/mol. The van der Waals surface area contributed by atoms with Gasteiger partial charge in [-0.15, -0.1) is 0 Å². The minimum absolute atomic E-state index is 0.0617. The van der Waals surface area contributed by atoms with Crippen LogP contribution >= 0.6 is 0 Å². The first-order valence-corrected chi connectivity index (χ1v) is 5.15. The molecule has 1 heterocycles. The summed E-state index contributed by atoms with van der Waals surface area (Å²) < 4.78 is 0. The molecular formula is C10H18N2O3. The second-order valence-electron chi connectivity index (χ2n) is 4.18. The Bertz CT molecular complexity index is 255. The van der Waals surface area contributed by atoms with Gasteiger partial charge < -0.3 is 10.0 Å². The molecule has 0 bridgehead atoms. The number of likely N-dealkylation sites (tertiary alicyclic amines) is 1. The van der Waals surface area contributed by atoms with Crippen LogP contribution in [0.5, 0.6) is 0 Å². The summed E-state index contributed by atoms with van der Waals surface area (Å²) in [4.78, 5) is 25.1. The lowest BCUT2D eigenvalue weighted by Crippen LogP contribution is -2.32. The molecule has 0 aliphatic carbocycles. The van der Waals surface area contributed by atoms with E-state index >= 15 is 0 Å². The first-order valence-electron chi connectivity index (χ1n) is 5.15. The van der Waals surface area contributed by atoms with E-state index in [2.05, 4.69) is 0 Å². The Kier molecular flexibility index (Phi) is 4.08. The van der Waals surface area contributed by atoms with Gasteiger partial charge in [0.15, 0.2) is 0 Å². The van der Waals surface area contributed by atoms with Crippen molar-refractivity contribution >= 4 is 11.9 Å². The summed E-state index contributed by atoms with van der Waals surface area (Å²) >= 11 is 0. The molecule has 15 heavy (non-hydrogen) atoms. The summed E-state index contributed by atoms with van der Waals surface area (Å²) in [6, 6.07) is 0. The molecule has 1 fully saturated rings. The molecule has 1 saturated heterocycles. The van der Waals surface area contributed by atoms with Gasteiger partial charge in [0, 0.05) is 27.1 Å². The van der Waals surface area contributed by atoms with Gasteiger partial charge in [0.1, 0.15) is 0 Å². The molecule has 5 nitrogen and oxygen atoms in total. The molecule has 1 N–H and O–H groups in total.